The van der Waals surface area contributed by atoms with Gasteiger partial charge in [-0.1, -0.05) is 0 Å². The van der Waals surface area contributed by atoms with Gasteiger partial charge in [0.15, 0.2) is 0 Å². The van der Waals surface area contributed by atoms with E-state index in [0.29, 0.717) is 25.1 Å². The quantitative estimate of drug-likeness (QED) is 0.788. The van der Waals surface area contributed by atoms with E-state index in [9.17, 15) is 9.18 Å². The fourth-order valence-electron chi connectivity index (χ4n) is 2.00. The summed E-state index contributed by atoms with van der Waals surface area (Å²) in [7, 11) is 0. The van der Waals surface area contributed by atoms with Gasteiger partial charge in [0.25, 0.3) is 0 Å². The third-order valence-electron chi connectivity index (χ3n) is 3.06. The molecule has 1 aromatic heterocycles. The Labute approximate surface area is 98.1 Å². The van der Waals surface area contributed by atoms with Crippen LogP contribution < -0.4 is 5.73 Å². The maximum atomic E-state index is 13.4. The van der Waals surface area contributed by atoms with Crippen LogP contribution in [0.1, 0.15) is 12.0 Å². The van der Waals surface area contributed by atoms with Crippen LogP contribution in [-0.4, -0.2) is 39.6 Å². The monoisotopic (exact) mass is 239 g/mol. The van der Waals surface area contributed by atoms with E-state index < -0.39 is 11.5 Å². The van der Waals surface area contributed by atoms with Gasteiger partial charge in [0.05, 0.1) is 6.20 Å². The Balaban J connectivity index is 2.04. The maximum absolute atomic E-state index is 13.4. The van der Waals surface area contributed by atoms with Crippen molar-refractivity contribution >= 4 is 5.97 Å². The molecule has 0 saturated carbocycles. The van der Waals surface area contributed by atoms with Crippen LogP contribution in [-0.2, 0) is 11.3 Å². The number of nitrogens with zero attached hydrogens (tertiary/aromatic N) is 2. The molecule has 17 heavy (non-hydrogen) atoms. The standard InChI is InChI=1S/C11H14FN3O2/c12-9-5-14-3-1-8(9)6-15-4-2-11(13,7-15)10(16)17/h1,3,5H,2,4,6-7,13H2,(H,16,17)/t11-/m1/s1. The minimum atomic E-state index is -1.20. The number of pyridine rings is 1. The minimum Gasteiger partial charge on any atom is -0.480 e. The van der Waals surface area contributed by atoms with Crippen LogP contribution in [0.3, 0.4) is 0 Å². The van der Waals surface area contributed by atoms with Crippen molar-refractivity contribution in [3.05, 3.63) is 29.8 Å². The summed E-state index contributed by atoms with van der Waals surface area (Å²) >= 11 is 0. The smallest absolute Gasteiger partial charge is 0.325 e. The van der Waals surface area contributed by atoms with Crippen LogP contribution in [0, 0.1) is 5.82 Å². The first kappa shape index (κ1) is 11.9. The Kier molecular flexibility index (Phi) is 3.08. The molecule has 1 aromatic rings. The van der Waals surface area contributed by atoms with Gasteiger partial charge >= 0.3 is 5.97 Å². The van der Waals surface area contributed by atoms with Crippen LogP contribution in [0.4, 0.5) is 4.39 Å². The van der Waals surface area contributed by atoms with E-state index in [1.165, 1.54) is 6.20 Å². The van der Waals surface area contributed by atoms with Gasteiger partial charge in [-0.15, -0.1) is 0 Å². The predicted octanol–water partition coefficient (Wildman–Crippen LogP) is 0.209. The predicted molar refractivity (Wildman–Crippen MR) is 58.6 cm³/mol. The molecule has 0 aromatic carbocycles. The van der Waals surface area contributed by atoms with Crippen LogP contribution in [0.15, 0.2) is 18.5 Å². The molecule has 0 amide bonds. The highest BCUT2D eigenvalue weighted by molar-refractivity contribution is 5.79. The second-order valence-electron chi connectivity index (χ2n) is 4.39. The largest absolute Gasteiger partial charge is 0.480 e. The normalized spacial score (nSPS) is 25.1. The summed E-state index contributed by atoms with van der Waals surface area (Å²) in [5.74, 6) is -1.38. The Bertz CT molecular complexity index is 440. The van der Waals surface area contributed by atoms with Gasteiger partial charge in [0.1, 0.15) is 11.4 Å². The number of carboxylic acid groups (broad SMARTS) is 1. The molecular formula is C11H14FN3O2. The van der Waals surface area contributed by atoms with Gasteiger partial charge in [0, 0.05) is 31.4 Å². The highest BCUT2D eigenvalue weighted by Gasteiger charge is 2.41. The van der Waals surface area contributed by atoms with Crippen LogP contribution in [0.25, 0.3) is 0 Å². The second kappa shape index (κ2) is 4.38. The molecule has 1 aliphatic heterocycles. The number of aliphatic carboxylic acids is 1. The molecule has 0 unspecified atom stereocenters. The molecule has 1 atom stereocenters. The van der Waals surface area contributed by atoms with E-state index in [0.717, 1.165) is 6.20 Å². The zero-order valence-electron chi connectivity index (χ0n) is 9.27. The van der Waals surface area contributed by atoms with Gasteiger partial charge in [-0.25, -0.2) is 4.39 Å². The molecule has 3 N–H and O–H groups in total. The van der Waals surface area contributed by atoms with Gasteiger partial charge in [-0.2, -0.15) is 0 Å². The zero-order chi connectivity index (χ0) is 12.5. The number of hydrogen-bond donors (Lipinski definition) is 2. The second-order valence-corrected chi connectivity index (χ2v) is 4.39. The lowest BCUT2D eigenvalue weighted by Gasteiger charge is -2.20. The summed E-state index contributed by atoms with van der Waals surface area (Å²) in [6, 6.07) is 1.59. The summed E-state index contributed by atoms with van der Waals surface area (Å²) in [6.45, 7) is 1.16. The van der Waals surface area contributed by atoms with E-state index in [1.54, 1.807) is 6.07 Å². The topological polar surface area (TPSA) is 79.5 Å². The lowest BCUT2D eigenvalue weighted by Crippen LogP contribution is -2.50. The summed E-state index contributed by atoms with van der Waals surface area (Å²) in [6.07, 6.45) is 3.05. The number of rotatable bonds is 3. The van der Waals surface area contributed by atoms with E-state index in [2.05, 4.69) is 4.98 Å². The lowest BCUT2D eigenvalue weighted by molar-refractivity contribution is -0.142. The molecule has 6 heteroatoms. The third-order valence-corrected chi connectivity index (χ3v) is 3.06. The Morgan fingerprint density at radius 3 is 3.06 bits per heavy atom. The Morgan fingerprint density at radius 2 is 2.47 bits per heavy atom. The molecule has 0 radical (unpaired) electrons. The number of nitrogens with two attached hydrogens (primary N) is 1. The highest BCUT2D eigenvalue weighted by atomic mass is 19.1. The Morgan fingerprint density at radius 1 is 1.71 bits per heavy atom. The number of halogens is 1. The van der Waals surface area contributed by atoms with E-state index in [-0.39, 0.29) is 12.4 Å². The van der Waals surface area contributed by atoms with Crippen molar-refractivity contribution in [3.8, 4) is 0 Å². The van der Waals surface area contributed by atoms with Crippen LogP contribution >= 0.6 is 0 Å². The first-order valence-corrected chi connectivity index (χ1v) is 5.34. The van der Waals surface area contributed by atoms with Crippen molar-refractivity contribution in [2.24, 2.45) is 5.73 Å². The first-order valence-electron chi connectivity index (χ1n) is 5.34. The van der Waals surface area contributed by atoms with Crippen molar-refractivity contribution in [2.75, 3.05) is 13.1 Å². The molecule has 0 spiro atoms. The fourth-order valence-corrected chi connectivity index (χ4v) is 2.00. The molecule has 1 aliphatic rings. The number of aromatic nitrogens is 1. The van der Waals surface area contributed by atoms with Gasteiger partial charge in [-0.3, -0.25) is 14.7 Å². The molecular weight excluding hydrogens is 225 g/mol. The average Bonchev–Trinajstić information content (AvgIpc) is 2.65. The molecule has 92 valence electrons. The molecule has 5 nitrogen and oxygen atoms in total. The summed E-state index contributed by atoms with van der Waals surface area (Å²) in [5.41, 5.74) is 5.04. The number of hydrogen-bond acceptors (Lipinski definition) is 4. The molecule has 1 fully saturated rings. The summed E-state index contributed by atoms with van der Waals surface area (Å²) in [5, 5.41) is 8.98. The van der Waals surface area contributed by atoms with Crippen molar-refractivity contribution in [1.29, 1.82) is 0 Å². The lowest BCUT2D eigenvalue weighted by atomic mass is 10.0. The van der Waals surface area contributed by atoms with Crippen molar-refractivity contribution in [2.45, 2.75) is 18.5 Å². The minimum absolute atomic E-state index is 0.240. The first-order chi connectivity index (χ1) is 8.01. The fraction of sp³-hybridized carbons (Fsp3) is 0.455. The number of carboxylic acids is 1. The summed E-state index contributed by atoms with van der Waals surface area (Å²) < 4.78 is 13.4. The van der Waals surface area contributed by atoms with Crippen molar-refractivity contribution in [3.63, 3.8) is 0 Å². The molecule has 2 rings (SSSR count). The van der Waals surface area contributed by atoms with Gasteiger partial charge in [0.2, 0.25) is 0 Å². The number of carbonyl (C=O) groups is 1. The van der Waals surface area contributed by atoms with Gasteiger partial charge in [-0.05, 0) is 12.5 Å². The Hall–Kier alpha value is -1.53. The average molecular weight is 239 g/mol. The zero-order valence-corrected chi connectivity index (χ0v) is 9.27. The molecule has 0 bridgehead atoms. The van der Waals surface area contributed by atoms with E-state index in [4.69, 9.17) is 10.8 Å². The van der Waals surface area contributed by atoms with Crippen LogP contribution in [0.5, 0.6) is 0 Å². The van der Waals surface area contributed by atoms with Gasteiger partial charge < -0.3 is 10.8 Å². The molecule has 2 heterocycles. The molecule has 1 saturated heterocycles. The van der Waals surface area contributed by atoms with Crippen LogP contribution in [0.2, 0.25) is 0 Å². The van der Waals surface area contributed by atoms with E-state index >= 15 is 0 Å². The summed E-state index contributed by atoms with van der Waals surface area (Å²) in [4.78, 5) is 16.5. The highest BCUT2D eigenvalue weighted by Crippen LogP contribution is 2.21. The third kappa shape index (κ3) is 2.42. The molecule has 0 aliphatic carbocycles. The van der Waals surface area contributed by atoms with Crippen molar-refractivity contribution in [1.82, 2.24) is 9.88 Å². The SMILES string of the molecule is N[C@]1(C(=O)O)CCN(Cc2ccncc2F)C1. The number of likely N-dealkylation sites (tertiary alicyclic amines) is 1. The van der Waals surface area contributed by atoms with Crippen molar-refractivity contribution < 1.29 is 14.3 Å². The van der Waals surface area contributed by atoms with E-state index in [1.807, 2.05) is 4.90 Å². The maximum Gasteiger partial charge on any atom is 0.325 e.